The van der Waals surface area contributed by atoms with Gasteiger partial charge in [0.1, 0.15) is 6.33 Å². The molecule has 136 valence electrons. The monoisotopic (exact) mass is 378 g/mol. The average molecular weight is 378 g/mol. The fraction of sp³-hybridized carbons (Fsp3) is 0.316. The normalized spacial score (nSPS) is 17.7. The summed E-state index contributed by atoms with van der Waals surface area (Å²) < 4.78 is 2.84. The van der Waals surface area contributed by atoms with Crippen molar-refractivity contribution in [1.29, 1.82) is 0 Å². The highest BCUT2D eigenvalue weighted by Gasteiger charge is 2.29. The summed E-state index contributed by atoms with van der Waals surface area (Å²) in [6.07, 6.45) is 3.50. The highest BCUT2D eigenvalue weighted by atomic mass is 32.1. The summed E-state index contributed by atoms with van der Waals surface area (Å²) in [7, 11) is 0. The number of rotatable bonds is 2. The van der Waals surface area contributed by atoms with E-state index < -0.39 is 0 Å². The summed E-state index contributed by atoms with van der Waals surface area (Å²) in [4.78, 5) is 28.1. The van der Waals surface area contributed by atoms with Gasteiger partial charge < -0.3 is 4.90 Å². The minimum absolute atomic E-state index is 0.0153. The van der Waals surface area contributed by atoms with Crippen LogP contribution in [-0.2, 0) is 0 Å². The van der Waals surface area contributed by atoms with E-state index in [0.29, 0.717) is 17.3 Å². The van der Waals surface area contributed by atoms with Crippen molar-refractivity contribution in [2.75, 3.05) is 13.1 Å². The maximum atomic E-state index is 13.1. The van der Waals surface area contributed by atoms with Crippen LogP contribution < -0.4 is 0 Å². The summed E-state index contributed by atoms with van der Waals surface area (Å²) >= 11 is 1.46. The number of hydrogen-bond donors (Lipinski definition) is 0. The van der Waals surface area contributed by atoms with Gasteiger partial charge >= 0.3 is 0 Å². The van der Waals surface area contributed by atoms with E-state index in [0.717, 1.165) is 41.0 Å². The molecule has 1 unspecified atom stereocenters. The summed E-state index contributed by atoms with van der Waals surface area (Å²) in [5, 5.41) is 4.88. The number of para-hydroxylation sites is 1. The van der Waals surface area contributed by atoms with Crippen molar-refractivity contribution in [1.82, 2.24) is 29.5 Å². The van der Waals surface area contributed by atoms with Crippen molar-refractivity contribution in [3.63, 3.8) is 0 Å². The van der Waals surface area contributed by atoms with Crippen LogP contribution in [0.15, 0.2) is 36.7 Å². The Hall–Kier alpha value is -2.87. The Labute approximate surface area is 159 Å². The minimum atomic E-state index is 0.0153. The number of thiazole rings is 1. The van der Waals surface area contributed by atoms with Gasteiger partial charge in [0.05, 0.1) is 15.9 Å². The third-order valence-corrected chi connectivity index (χ3v) is 6.04. The quantitative estimate of drug-likeness (QED) is 0.536. The first-order valence-electron chi connectivity index (χ1n) is 9.01. The van der Waals surface area contributed by atoms with E-state index in [9.17, 15) is 4.79 Å². The molecule has 27 heavy (non-hydrogen) atoms. The average Bonchev–Trinajstić information content (AvgIpc) is 3.33. The van der Waals surface area contributed by atoms with Crippen molar-refractivity contribution >= 4 is 33.2 Å². The van der Waals surface area contributed by atoms with Gasteiger partial charge in [0.2, 0.25) is 0 Å². The van der Waals surface area contributed by atoms with Crippen LogP contribution in [0, 0.1) is 6.92 Å². The Morgan fingerprint density at radius 2 is 2.15 bits per heavy atom. The maximum Gasteiger partial charge on any atom is 0.282 e. The maximum absolute atomic E-state index is 13.1. The Bertz CT molecular complexity index is 1120. The summed E-state index contributed by atoms with van der Waals surface area (Å²) in [5.74, 6) is 0.837. The molecule has 8 heteroatoms. The van der Waals surface area contributed by atoms with Gasteiger partial charge in [-0.1, -0.05) is 12.1 Å². The molecule has 1 atom stereocenters. The van der Waals surface area contributed by atoms with E-state index >= 15 is 0 Å². The number of carbonyl (C=O) groups excluding carboxylic acids is 1. The summed E-state index contributed by atoms with van der Waals surface area (Å²) in [6, 6.07) is 9.92. The van der Waals surface area contributed by atoms with E-state index in [-0.39, 0.29) is 11.8 Å². The molecule has 1 aliphatic heterocycles. The Kier molecular flexibility index (Phi) is 3.86. The van der Waals surface area contributed by atoms with Gasteiger partial charge in [-0.3, -0.25) is 4.79 Å². The lowest BCUT2D eigenvalue weighted by Gasteiger charge is -2.32. The molecule has 1 aromatic carbocycles. The molecule has 4 aromatic rings. The molecule has 0 saturated carbocycles. The molecule has 0 aliphatic carbocycles. The highest BCUT2D eigenvalue weighted by Crippen LogP contribution is 2.29. The molecule has 0 radical (unpaired) electrons. The highest BCUT2D eigenvalue weighted by molar-refractivity contribution is 7.20. The number of hydrogen-bond acceptors (Lipinski definition) is 6. The molecule has 7 nitrogen and oxygen atoms in total. The molecule has 0 bridgehead atoms. The fourth-order valence-corrected chi connectivity index (χ4v) is 4.69. The predicted octanol–water partition coefficient (Wildman–Crippen LogP) is 3.06. The molecular weight excluding hydrogens is 360 g/mol. The number of carbonyl (C=O) groups is 1. The van der Waals surface area contributed by atoms with E-state index in [2.05, 4.69) is 26.1 Å². The van der Waals surface area contributed by atoms with Gasteiger partial charge in [0.25, 0.3) is 11.7 Å². The van der Waals surface area contributed by atoms with Gasteiger partial charge in [0.15, 0.2) is 5.01 Å². The second-order valence-electron chi connectivity index (χ2n) is 6.87. The number of likely N-dealkylation sites (tertiary alicyclic amines) is 1. The van der Waals surface area contributed by atoms with E-state index in [1.54, 1.807) is 4.52 Å². The molecule has 0 spiro atoms. The fourth-order valence-electron chi connectivity index (χ4n) is 3.75. The number of amides is 1. The number of aromatic nitrogens is 5. The van der Waals surface area contributed by atoms with E-state index in [1.165, 1.54) is 17.7 Å². The first-order chi connectivity index (χ1) is 13.2. The van der Waals surface area contributed by atoms with Crippen molar-refractivity contribution < 1.29 is 4.79 Å². The first-order valence-corrected chi connectivity index (χ1v) is 9.83. The van der Waals surface area contributed by atoms with Crippen LogP contribution in [0.2, 0.25) is 0 Å². The van der Waals surface area contributed by atoms with Crippen molar-refractivity contribution in [2.24, 2.45) is 0 Å². The zero-order valence-electron chi connectivity index (χ0n) is 14.9. The van der Waals surface area contributed by atoms with Crippen LogP contribution in [0.4, 0.5) is 0 Å². The van der Waals surface area contributed by atoms with Crippen LogP contribution in [0.5, 0.6) is 0 Å². The van der Waals surface area contributed by atoms with Crippen molar-refractivity contribution in [2.45, 2.75) is 25.7 Å². The molecule has 0 N–H and O–H groups in total. The Morgan fingerprint density at radius 1 is 1.26 bits per heavy atom. The second kappa shape index (κ2) is 6.38. The molecule has 1 amide bonds. The van der Waals surface area contributed by atoms with Crippen LogP contribution >= 0.6 is 11.3 Å². The van der Waals surface area contributed by atoms with Crippen molar-refractivity contribution in [3.8, 4) is 0 Å². The third kappa shape index (κ3) is 2.86. The zero-order chi connectivity index (χ0) is 18.4. The SMILES string of the molecule is Cc1cc(C2CCCN(C(=O)c3nc4ccccc4s3)C2)n2ncnc2n1. The predicted molar refractivity (Wildman–Crippen MR) is 103 cm³/mol. The van der Waals surface area contributed by atoms with E-state index in [4.69, 9.17) is 0 Å². The van der Waals surface area contributed by atoms with Crippen LogP contribution in [0.3, 0.4) is 0 Å². The van der Waals surface area contributed by atoms with Crippen molar-refractivity contribution in [3.05, 3.63) is 53.1 Å². The molecule has 1 saturated heterocycles. The number of nitrogens with zero attached hydrogens (tertiary/aromatic N) is 6. The number of piperidine rings is 1. The lowest BCUT2D eigenvalue weighted by Crippen LogP contribution is -2.39. The molecule has 1 aliphatic rings. The third-order valence-electron chi connectivity index (χ3n) is 5.01. The van der Waals surface area contributed by atoms with Gasteiger partial charge in [0, 0.05) is 24.7 Å². The van der Waals surface area contributed by atoms with Gasteiger partial charge in [-0.05, 0) is 38.0 Å². The van der Waals surface area contributed by atoms with E-state index in [1.807, 2.05) is 36.1 Å². The van der Waals surface area contributed by atoms with Gasteiger partial charge in [-0.2, -0.15) is 10.1 Å². The molecule has 4 heterocycles. The molecular formula is C19H18N6OS. The number of aryl methyl sites for hydroxylation is 1. The summed E-state index contributed by atoms with van der Waals surface area (Å²) in [6.45, 7) is 3.38. The second-order valence-corrected chi connectivity index (χ2v) is 7.90. The Balaban J connectivity index is 1.45. The largest absolute Gasteiger partial charge is 0.336 e. The van der Waals surface area contributed by atoms with Crippen LogP contribution in [-0.4, -0.2) is 48.5 Å². The van der Waals surface area contributed by atoms with Gasteiger partial charge in [-0.25, -0.2) is 14.5 Å². The van der Waals surface area contributed by atoms with Crippen LogP contribution in [0.1, 0.15) is 39.9 Å². The smallest absolute Gasteiger partial charge is 0.282 e. The molecule has 5 rings (SSSR count). The zero-order valence-corrected chi connectivity index (χ0v) is 15.7. The standard InChI is InChI=1S/C19H18N6OS/c1-12-9-15(25-19(22-12)20-11-21-25)13-5-4-8-24(10-13)18(26)17-23-14-6-2-3-7-16(14)27-17/h2-3,6-7,9,11,13H,4-5,8,10H2,1H3. The van der Waals surface area contributed by atoms with Gasteiger partial charge in [-0.15, -0.1) is 11.3 Å². The molecule has 1 fully saturated rings. The van der Waals surface area contributed by atoms with Crippen LogP contribution in [0.25, 0.3) is 16.0 Å². The minimum Gasteiger partial charge on any atom is -0.336 e. The Morgan fingerprint density at radius 3 is 3.04 bits per heavy atom. The lowest BCUT2D eigenvalue weighted by molar-refractivity contribution is 0.0705. The number of benzene rings is 1. The topological polar surface area (TPSA) is 76.3 Å². The number of fused-ring (bicyclic) bond motifs is 2. The first kappa shape index (κ1) is 16.3. The lowest BCUT2D eigenvalue weighted by atomic mass is 9.94. The molecule has 3 aromatic heterocycles. The summed E-state index contributed by atoms with van der Waals surface area (Å²) in [5.41, 5.74) is 2.87.